The molecular formula is C19H25N9. The number of aromatic nitrogens is 3. The van der Waals surface area contributed by atoms with Crippen molar-refractivity contribution < 1.29 is 0 Å². The lowest BCUT2D eigenvalue weighted by molar-refractivity contribution is 0.175. The van der Waals surface area contributed by atoms with Gasteiger partial charge >= 0.3 is 0 Å². The van der Waals surface area contributed by atoms with Gasteiger partial charge in [0.05, 0.1) is 5.69 Å². The number of aromatic amines is 1. The monoisotopic (exact) mass is 379 g/mol. The molecule has 2 aromatic rings. The summed E-state index contributed by atoms with van der Waals surface area (Å²) in [7, 11) is 0. The Bertz CT molecular complexity index is 943. The zero-order valence-corrected chi connectivity index (χ0v) is 16.2. The molecular weight excluding hydrogens is 354 g/mol. The van der Waals surface area contributed by atoms with Gasteiger partial charge < -0.3 is 16.4 Å². The highest BCUT2D eigenvalue weighted by Gasteiger charge is 2.29. The second kappa shape index (κ2) is 7.78. The summed E-state index contributed by atoms with van der Waals surface area (Å²) in [6, 6.07) is 3.77. The number of H-pyrrole nitrogens is 1. The van der Waals surface area contributed by atoms with E-state index in [2.05, 4.69) is 49.8 Å². The average Bonchev–Trinajstić information content (AvgIpc) is 3.10. The van der Waals surface area contributed by atoms with Crippen LogP contribution in [0.5, 0.6) is 0 Å². The molecule has 28 heavy (non-hydrogen) atoms. The predicted molar refractivity (Wildman–Crippen MR) is 111 cm³/mol. The molecule has 0 spiro atoms. The molecule has 9 nitrogen and oxygen atoms in total. The zero-order valence-electron chi connectivity index (χ0n) is 16.2. The number of piperidine rings is 1. The van der Waals surface area contributed by atoms with E-state index in [1.165, 1.54) is 6.20 Å². The lowest BCUT2D eigenvalue weighted by Crippen LogP contribution is -2.44. The number of hydrogen-bond acceptors (Lipinski definition) is 7. The normalized spacial score (nSPS) is 16.6. The molecule has 0 unspecified atom stereocenters. The van der Waals surface area contributed by atoms with Gasteiger partial charge in [0.2, 0.25) is 5.82 Å². The number of nitrogens with two attached hydrogens (primary N) is 2. The van der Waals surface area contributed by atoms with E-state index in [0.717, 1.165) is 31.8 Å². The Morgan fingerprint density at radius 1 is 1.46 bits per heavy atom. The van der Waals surface area contributed by atoms with Crippen molar-refractivity contribution in [2.45, 2.75) is 26.7 Å². The molecule has 3 rings (SSSR count). The first-order valence-corrected chi connectivity index (χ1v) is 9.13. The quantitative estimate of drug-likeness (QED) is 0.549. The molecule has 9 heteroatoms. The fourth-order valence-electron chi connectivity index (χ4n) is 3.34. The van der Waals surface area contributed by atoms with Crippen molar-refractivity contribution in [1.29, 1.82) is 5.26 Å². The number of aliphatic imine (C=N–C) groups is 2. The van der Waals surface area contributed by atoms with Gasteiger partial charge in [-0.15, -0.1) is 0 Å². The van der Waals surface area contributed by atoms with Crippen LogP contribution in [0.25, 0.3) is 11.3 Å². The van der Waals surface area contributed by atoms with E-state index >= 15 is 0 Å². The highest BCUT2D eigenvalue weighted by Crippen LogP contribution is 2.38. The molecule has 0 saturated carbocycles. The van der Waals surface area contributed by atoms with Gasteiger partial charge in [-0.3, -0.25) is 10.1 Å². The maximum Gasteiger partial charge on any atom is 0.201 e. The third kappa shape index (κ3) is 3.59. The maximum atomic E-state index is 9.42. The largest absolute Gasteiger partial charge is 0.383 e. The maximum absolute atomic E-state index is 9.42. The van der Waals surface area contributed by atoms with E-state index in [-0.39, 0.29) is 16.8 Å². The van der Waals surface area contributed by atoms with Crippen LogP contribution >= 0.6 is 0 Å². The number of nitrogens with one attached hydrogen (secondary N) is 1. The predicted octanol–water partition coefficient (Wildman–Crippen LogP) is 2.37. The van der Waals surface area contributed by atoms with E-state index < -0.39 is 0 Å². The van der Waals surface area contributed by atoms with E-state index in [1.54, 1.807) is 6.07 Å². The Labute approximate surface area is 164 Å². The van der Waals surface area contributed by atoms with Gasteiger partial charge in [-0.1, -0.05) is 6.92 Å². The molecule has 146 valence electrons. The molecule has 1 aliphatic rings. The minimum absolute atomic E-state index is 0.155. The van der Waals surface area contributed by atoms with Crippen LogP contribution in [0.1, 0.15) is 32.3 Å². The fraction of sp³-hybridized carbons (Fsp3) is 0.421. The number of amidine groups is 1. The third-order valence-electron chi connectivity index (χ3n) is 5.43. The minimum Gasteiger partial charge on any atom is -0.383 e. The SMILES string of the molecule is C=Nc1c(N=C(C)N2CCC(C)(CN)CC2)n[nH]c1-c1ccnc(N)c1C#N. The highest BCUT2D eigenvalue weighted by molar-refractivity contribution is 5.89. The lowest BCUT2D eigenvalue weighted by atomic mass is 9.80. The summed E-state index contributed by atoms with van der Waals surface area (Å²) in [4.78, 5) is 14.9. The van der Waals surface area contributed by atoms with Crippen molar-refractivity contribution in [2.24, 2.45) is 21.1 Å². The van der Waals surface area contributed by atoms with Gasteiger partial charge in [-0.05, 0) is 44.5 Å². The molecule has 2 aromatic heterocycles. The summed E-state index contributed by atoms with van der Waals surface area (Å²) in [6.45, 7) is 10.3. The summed E-state index contributed by atoms with van der Waals surface area (Å²) in [6.07, 6.45) is 3.59. The fourth-order valence-corrected chi connectivity index (χ4v) is 3.34. The van der Waals surface area contributed by atoms with E-state index in [9.17, 15) is 5.26 Å². The van der Waals surface area contributed by atoms with Crippen LogP contribution in [-0.4, -0.2) is 52.3 Å². The van der Waals surface area contributed by atoms with Crippen LogP contribution in [0.2, 0.25) is 0 Å². The van der Waals surface area contributed by atoms with Crippen LogP contribution in [0.15, 0.2) is 22.2 Å². The third-order valence-corrected chi connectivity index (χ3v) is 5.43. The van der Waals surface area contributed by atoms with Gasteiger partial charge in [-0.2, -0.15) is 10.4 Å². The molecule has 1 fully saturated rings. The van der Waals surface area contributed by atoms with Gasteiger partial charge in [0.25, 0.3) is 0 Å². The minimum atomic E-state index is 0.155. The molecule has 0 amide bonds. The van der Waals surface area contributed by atoms with Crippen molar-refractivity contribution in [2.75, 3.05) is 25.4 Å². The summed E-state index contributed by atoms with van der Waals surface area (Å²) in [5.74, 6) is 1.44. The van der Waals surface area contributed by atoms with Crippen molar-refractivity contribution in [3.63, 3.8) is 0 Å². The van der Waals surface area contributed by atoms with Gasteiger partial charge in [0.1, 0.15) is 29.0 Å². The van der Waals surface area contributed by atoms with Crippen LogP contribution in [0, 0.1) is 16.7 Å². The second-order valence-electron chi connectivity index (χ2n) is 7.32. The first kappa shape index (κ1) is 19.5. The topological polar surface area (TPSA) is 145 Å². The Morgan fingerprint density at radius 2 is 2.18 bits per heavy atom. The lowest BCUT2D eigenvalue weighted by Gasteiger charge is -2.39. The van der Waals surface area contributed by atoms with Crippen LogP contribution in [0.4, 0.5) is 17.3 Å². The highest BCUT2D eigenvalue weighted by atomic mass is 15.2. The van der Waals surface area contributed by atoms with E-state index in [4.69, 9.17) is 11.5 Å². The molecule has 0 aromatic carbocycles. The molecule has 0 aliphatic carbocycles. The summed E-state index contributed by atoms with van der Waals surface area (Å²) >= 11 is 0. The molecule has 1 aliphatic heterocycles. The van der Waals surface area contributed by atoms with E-state index in [0.29, 0.717) is 29.3 Å². The molecule has 0 atom stereocenters. The van der Waals surface area contributed by atoms with Gasteiger partial charge in [0, 0.05) is 24.8 Å². The standard InChI is InChI=1S/C19H25N9/c1-12(28-8-5-19(2,11-21)6-9-28)25-18-16(23-3)15(26-27-18)13-4-7-24-17(22)14(13)10-20/h4,7H,3,5-6,8-9,11,21H2,1-2H3,(H2,22,24)(H,26,27). The number of nitrogen functional groups attached to an aromatic ring is 1. The summed E-state index contributed by atoms with van der Waals surface area (Å²) in [5.41, 5.74) is 13.8. The Kier molecular flexibility index (Phi) is 5.42. The number of rotatable bonds is 4. The molecule has 1 saturated heterocycles. The van der Waals surface area contributed by atoms with E-state index in [1.807, 2.05) is 6.92 Å². The number of anilines is 1. The summed E-state index contributed by atoms with van der Waals surface area (Å²) in [5, 5.41) is 16.6. The summed E-state index contributed by atoms with van der Waals surface area (Å²) < 4.78 is 0. The first-order valence-electron chi connectivity index (χ1n) is 9.13. The number of pyridine rings is 1. The van der Waals surface area contributed by atoms with Crippen LogP contribution < -0.4 is 11.5 Å². The van der Waals surface area contributed by atoms with Crippen molar-refractivity contribution in [1.82, 2.24) is 20.1 Å². The smallest absolute Gasteiger partial charge is 0.201 e. The Balaban J connectivity index is 1.91. The molecule has 3 heterocycles. The van der Waals surface area contributed by atoms with Crippen LogP contribution in [0.3, 0.4) is 0 Å². The number of nitrogens with zero attached hydrogens (tertiary/aromatic N) is 6. The van der Waals surface area contributed by atoms with Gasteiger partial charge in [-0.25, -0.2) is 9.98 Å². The molecule has 0 bridgehead atoms. The zero-order chi connectivity index (χ0) is 20.3. The molecule has 0 radical (unpaired) electrons. The Hall–Kier alpha value is -3.25. The molecule has 5 N–H and O–H groups in total. The van der Waals surface area contributed by atoms with Gasteiger partial charge in [0.15, 0.2) is 0 Å². The second-order valence-corrected chi connectivity index (χ2v) is 7.32. The van der Waals surface area contributed by atoms with Crippen LogP contribution in [-0.2, 0) is 0 Å². The first-order chi connectivity index (χ1) is 13.4. The number of hydrogen-bond donors (Lipinski definition) is 3. The number of nitriles is 1. The number of likely N-dealkylation sites (tertiary alicyclic amines) is 1. The Morgan fingerprint density at radius 3 is 2.79 bits per heavy atom. The van der Waals surface area contributed by atoms with Crippen molar-refractivity contribution in [3.05, 3.63) is 17.8 Å². The average molecular weight is 379 g/mol. The van der Waals surface area contributed by atoms with Crippen molar-refractivity contribution >= 4 is 29.9 Å². The van der Waals surface area contributed by atoms with Crippen molar-refractivity contribution in [3.8, 4) is 17.3 Å².